The Morgan fingerprint density at radius 3 is 2.39 bits per heavy atom. The summed E-state index contributed by atoms with van der Waals surface area (Å²) < 4.78 is 31.2. The monoisotopic (exact) mass is 404 g/mol. The summed E-state index contributed by atoms with van der Waals surface area (Å²) >= 11 is 0. The van der Waals surface area contributed by atoms with E-state index in [0.29, 0.717) is 18.7 Å². The Labute approximate surface area is 167 Å². The lowest BCUT2D eigenvalue weighted by Gasteiger charge is -2.22. The molecule has 1 atom stereocenters. The van der Waals surface area contributed by atoms with Gasteiger partial charge in [-0.1, -0.05) is 36.4 Å². The molecule has 28 heavy (non-hydrogen) atoms. The van der Waals surface area contributed by atoms with Crippen LogP contribution in [0.5, 0.6) is 5.75 Å². The lowest BCUT2D eigenvalue weighted by atomic mass is 10.2. The number of hydrogen-bond donors (Lipinski definition) is 1. The number of anilines is 1. The van der Waals surface area contributed by atoms with Crippen LogP contribution in [0.1, 0.15) is 25.3 Å². The summed E-state index contributed by atoms with van der Waals surface area (Å²) in [4.78, 5) is 12.2. The second-order valence-corrected chi connectivity index (χ2v) is 8.73. The summed E-state index contributed by atoms with van der Waals surface area (Å²) in [5.41, 5.74) is 1.65. The quantitative estimate of drug-likeness (QED) is 0.660. The number of benzene rings is 2. The van der Waals surface area contributed by atoms with E-state index in [1.165, 1.54) is 10.6 Å². The summed E-state index contributed by atoms with van der Waals surface area (Å²) in [6.07, 6.45) is 1.85. The molecule has 1 amide bonds. The van der Waals surface area contributed by atoms with Crippen molar-refractivity contribution in [2.24, 2.45) is 0 Å². The van der Waals surface area contributed by atoms with Crippen molar-refractivity contribution in [3.8, 4) is 5.75 Å². The minimum atomic E-state index is -3.40. The molecule has 2 rings (SSSR count). The van der Waals surface area contributed by atoms with Crippen molar-refractivity contribution in [1.29, 1.82) is 0 Å². The van der Waals surface area contributed by atoms with E-state index in [-0.39, 0.29) is 24.9 Å². The van der Waals surface area contributed by atoms with E-state index >= 15 is 0 Å². The molecule has 0 aliphatic rings. The lowest BCUT2D eigenvalue weighted by Crippen LogP contribution is -2.37. The third-order valence-corrected chi connectivity index (χ3v) is 5.39. The molecule has 0 heterocycles. The molecule has 1 N–H and O–H groups in total. The SMILES string of the molecule is Cc1ccccc1OC[C@@H](C)NC(=O)CCCN(c1ccccc1)S(C)(=O)=O. The molecule has 6 nitrogen and oxygen atoms in total. The van der Waals surface area contributed by atoms with Crippen LogP contribution in [0.2, 0.25) is 0 Å². The van der Waals surface area contributed by atoms with Gasteiger partial charge in [-0.3, -0.25) is 9.10 Å². The molecule has 0 saturated carbocycles. The van der Waals surface area contributed by atoms with Crippen LogP contribution in [0, 0.1) is 6.92 Å². The van der Waals surface area contributed by atoms with Crippen LogP contribution in [0.15, 0.2) is 54.6 Å². The highest BCUT2D eigenvalue weighted by molar-refractivity contribution is 7.92. The van der Waals surface area contributed by atoms with Crippen molar-refractivity contribution in [1.82, 2.24) is 5.32 Å². The average Bonchev–Trinajstić information content (AvgIpc) is 2.64. The fourth-order valence-corrected chi connectivity index (χ4v) is 3.75. The minimum absolute atomic E-state index is 0.123. The van der Waals surface area contributed by atoms with Crippen LogP contribution in [-0.2, 0) is 14.8 Å². The Balaban J connectivity index is 1.78. The number of nitrogens with one attached hydrogen (secondary N) is 1. The number of hydrogen-bond acceptors (Lipinski definition) is 4. The Hall–Kier alpha value is -2.54. The van der Waals surface area contributed by atoms with Crippen molar-refractivity contribution >= 4 is 21.6 Å². The van der Waals surface area contributed by atoms with E-state index in [4.69, 9.17) is 4.74 Å². The molecule has 0 aliphatic heterocycles. The summed E-state index contributed by atoms with van der Waals surface area (Å²) in [7, 11) is -3.40. The first-order valence-corrected chi connectivity index (χ1v) is 11.1. The Bertz CT molecular complexity index is 869. The summed E-state index contributed by atoms with van der Waals surface area (Å²) in [6, 6.07) is 16.5. The molecular formula is C21H28N2O4S. The predicted octanol–water partition coefficient (Wildman–Crippen LogP) is 3.12. The summed E-state index contributed by atoms with van der Waals surface area (Å²) in [6.45, 7) is 4.47. The van der Waals surface area contributed by atoms with Crippen LogP contribution in [-0.4, -0.2) is 39.8 Å². The number of aryl methyl sites for hydroxylation is 1. The van der Waals surface area contributed by atoms with Crippen molar-refractivity contribution in [3.63, 3.8) is 0 Å². The van der Waals surface area contributed by atoms with Gasteiger partial charge in [0.25, 0.3) is 0 Å². The number of ether oxygens (including phenoxy) is 1. The van der Waals surface area contributed by atoms with Gasteiger partial charge in [0.1, 0.15) is 12.4 Å². The Morgan fingerprint density at radius 1 is 1.11 bits per heavy atom. The standard InChI is InChI=1S/C21H28N2O4S/c1-17-10-7-8-13-20(17)27-16-18(2)22-21(24)14-9-15-23(28(3,25)26)19-11-5-4-6-12-19/h4-8,10-13,18H,9,14-16H2,1-3H3,(H,22,24)/t18-/m1/s1. The van der Waals surface area contributed by atoms with Crippen molar-refractivity contribution in [2.75, 3.05) is 23.7 Å². The fourth-order valence-electron chi connectivity index (χ4n) is 2.79. The van der Waals surface area contributed by atoms with Crippen molar-refractivity contribution in [3.05, 3.63) is 60.2 Å². The van der Waals surface area contributed by atoms with Gasteiger partial charge in [-0.25, -0.2) is 8.42 Å². The normalized spacial score (nSPS) is 12.2. The number of sulfonamides is 1. The van der Waals surface area contributed by atoms with Crippen LogP contribution >= 0.6 is 0 Å². The second kappa shape index (κ2) is 10.1. The van der Waals surface area contributed by atoms with Crippen LogP contribution in [0.25, 0.3) is 0 Å². The maximum atomic E-state index is 12.2. The second-order valence-electron chi connectivity index (χ2n) is 6.82. The van der Waals surface area contributed by atoms with Gasteiger partial charge in [0.15, 0.2) is 0 Å². The van der Waals surface area contributed by atoms with Crippen LogP contribution < -0.4 is 14.4 Å². The van der Waals surface area contributed by atoms with E-state index in [1.807, 2.05) is 44.2 Å². The molecule has 152 valence electrons. The van der Waals surface area contributed by atoms with Gasteiger partial charge in [-0.05, 0) is 44.0 Å². The van der Waals surface area contributed by atoms with E-state index in [2.05, 4.69) is 5.32 Å². The topological polar surface area (TPSA) is 75.7 Å². The number of carbonyl (C=O) groups excluding carboxylic acids is 1. The summed E-state index contributed by atoms with van der Waals surface area (Å²) in [5.74, 6) is 0.678. The van der Waals surface area contributed by atoms with Gasteiger partial charge in [0, 0.05) is 13.0 Å². The number of amides is 1. The van der Waals surface area contributed by atoms with Crippen LogP contribution in [0.4, 0.5) is 5.69 Å². The van der Waals surface area contributed by atoms with E-state index in [1.54, 1.807) is 24.3 Å². The molecule has 2 aromatic rings. The van der Waals surface area contributed by atoms with Gasteiger partial charge in [-0.2, -0.15) is 0 Å². The summed E-state index contributed by atoms with van der Waals surface area (Å²) in [5, 5.41) is 2.89. The molecular weight excluding hydrogens is 376 g/mol. The third-order valence-electron chi connectivity index (χ3n) is 4.20. The molecule has 2 aromatic carbocycles. The van der Waals surface area contributed by atoms with Crippen LogP contribution in [0.3, 0.4) is 0 Å². The maximum absolute atomic E-state index is 12.2. The zero-order chi connectivity index (χ0) is 20.6. The molecule has 0 bridgehead atoms. The molecule has 0 unspecified atom stereocenters. The highest BCUT2D eigenvalue weighted by Gasteiger charge is 2.17. The van der Waals surface area contributed by atoms with E-state index < -0.39 is 10.0 Å². The van der Waals surface area contributed by atoms with Gasteiger partial charge in [0.2, 0.25) is 15.9 Å². The number of para-hydroxylation sites is 2. The fraction of sp³-hybridized carbons (Fsp3) is 0.381. The first kappa shape index (κ1) is 21.8. The highest BCUT2D eigenvalue weighted by atomic mass is 32.2. The van der Waals surface area contributed by atoms with E-state index in [9.17, 15) is 13.2 Å². The van der Waals surface area contributed by atoms with Crippen molar-refractivity contribution in [2.45, 2.75) is 32.7 Å². The largest absolute Gasteiger partial charge is 0.491 e. The first-order chi connectivity index (χ1) is 13.3. The maximum Gasteiger partial charge on any atom is 0.232 e. The molecule has 0 spiro atoms. The zero-order valence-corrected chi connectivity index (χ0v) is 17.4. The molecule has 0 radical (unpaired) electrons. The Kier molecular flexibility index (Phi) is 7.87. The lowest BCUT2D eigenvalue weighted by molar-refractivity contribution is -0.121. The van der Waals surface area contributed by atoms with Gasteiger partial charge in [-0.15, -0.1) is 0 Å². The zero-order valence-electron chi connectivity index (χ0n) is 16.6. The van der Waals surface area contributed by atoms with Gasteiger partial charge in [0.05, 0.1) is 18.0 Å². The first-order valence-electron chi connectivity index (χ1n) is 9.28. The minimum Gasteiger partial charge on any atom is -0.491 e. The molecule has 0 fully saturated rings. The van der Waals surface area contributed by atoms with E-state index in [0.717, 1.165) is 11.3 Å². The molecule has 0 aromatic heterocycles. The van der Waals surface area contributed by atoms with Gasteiger partial charge < -0.3 is 10.1 Å². The number of nitrogens with zero attached hydrogens (tertiary/aromatic N) is 1. The third kappa shape index (κ3) is 6.88. The van der Waals surface area contributed by atoms with Crippen molar-refractivity contribution < 1.29 is 17.9 Å². The predicted molar refractivity (Wildman–Crippen MR) is 112 cm³/mol. The molecule has 0 saturated heterocycles. The number of carbonyl (C=O) groups is 1. The highest BCUT2D eigenvalue weighted by Crippen LogP contribution is 2.18. The Morgan fingerprint density at radius 2 is 1.75 bits per heavy atom. The molecule has 0 aliphatic carbocycles. The van der Waals surface area contributed by atoms with Gasteiger partial charge >= 0.3 is 0 Å². The smallest absolute Gasteiger partial charge is 0.232 e. The average molecular weight is 405 g/mol. The number of rotatable bonds is 10. The molecule has 7 heteroatoms.